The maximum absolute atomic E-state index is 12.2. The molecule has 0 unspecified atom stereocenters. The molecule has 3 nitrogen and oxygen atoms in total. The van der Waals surface area contributed by atoms with E-state index in [1.54, 1.807) is 0 Å². The van der Waals surface area contributed by atoms with E-state index in [4.69, 9.17) is 23.2 Å². The van der Waals surface area contributed by atoms with Crippen molar-refractivity contribution in [3.63, 3.8) is 0 Å². The summed E-state index contributed by atoms with van der Waals surface area (Å²) in [4.78, 5) is 13.2. The van der Waals surface area contributed by atoms with Crippen molar-refractivity contribution in [3.05, 3.63) is 10.2 Å². The third-order valence-electron chi connectivity index (χ3n) is 1.01. The molecule has 1 aromatic heterocycles. The zero-order valence-corrected chi connectivity index (χ0v) is 8.39. The molecule has 0 aliphatic rings. The number of hydrogen-bond acceptors (Lipinski definition) is 4. The molecule has 0 aromatic carbocycles. The van der Waals surface area contributed by atoms with Crippen LogP contribution >= 0.6 is 34.5 Å². The van der Waals surface area contributed by atoms with Gasteiger partial charge in [0.25, 0.3) is 0 Å². The average Bonchev–Trinajstić information content (AvgIpc) is 2.28. The van der Waals surface area contributed by atoms with Crippen LogP contribution in [0.15, 0.2) is 0 Å². The first-order valence-corrected chi connectivity index (χ1v) is 4.49. The van der Waals surface area contributed by atoms with E-state index in [2.05, 4.69) is 9.72 Å². The van der Waals surface area contributed by atoms with Crippen LogP contribution in [0.5, 0.6) is 5.06 Å². The number of hydrogen-bond donors (Lipinski definition) is 0. The standard InChI is InChI=1S/C5Cl2F3NO2S/c6-3-11-1(5(8,9)10)2(14-3)13-4(7)12. The van der Waals surface area contributed by atoms with Crippen molar-refractivity contribution in [3.8, 4) is 5.06 Å². The number of nitrogens with zero attached hydrogens (tertiary/aromatic N) is 1. The first-order chi connectivity index (χ1) is 6.30. The summed E-state index contributed by atoms with van der Waals surface area (Å²) in [6, 6.07) is 0. The molecule has 0 radical (unpaired) electrons. The SMILES string of the molecule is O=C(Cl)Oc1sc(Cl)nc1C(F)(F)F. The topological polar surface area (TPSA) is 39.2 Å². The molecule has 9 heteroatoms. The Balaban J connectivity index is 3.09. The molecule has 0 bridgehead atoms. The third kappa shape index (κ3) is 2.73. The van der Waals surface area contributed by atoms with Crippen LogP contribution in [0.2, 0.25) is 4.47 Å². The molecule has 0 aliphatic heterocycles. The molecular weight excluding hydrogens is 266 g/mol. The summed E-state index contributed by atoms with van der Waals surface area (Å²) in [5.74, 6) is 0. The lowest BCUT2D eigenvalue weighted by molar-refractivity contribution is -0.141. The number of ether oxygens (including phenoxy) is 1. The van der Waals surface area contributed by atoms with Gasteiger partial charge in [0, 0.05) is 11.6 Å². The molecular formula is C5Cl2F3NO2S. The number of aromatic nitrogens is 1. The first-order valence-electron chi connectivity index (χ1n) is 2.91. The van der Waals surface area contributed by atoms with E-state index in [1.807, 2.05) is 0 Å². The van der Waals surface area contributed by atoms with Gasteiger partial charge < -0.3 is 4.74 Å². The van der Waals surface area contributed by atoms with Gasteiger partial charge in [-0.1, -0.05) is 22.9 Å². The quantitative estimate of drug-likeness (QED) is 0.729. The summed E-state index contributed by atoms with van der Waals surface area (Å²) in [7, 11) is 0. The molecule has 0 fully saturated rings. The van der Waals surface area contributed by atoms with Gasteiger partial charge in [0.15, 0.2) is 4.47 Å². The molecule has 14 heavy (non-hydrogen) atoms. The van der Waals surface area contributed by atoms with Crippen molar-refractivity contribution in [2.75, 3.05) is 0 Å². The molecule has 0 saturated heterocycles. The molecule has 0 N–H and O–H groups in total. The van der Waals surface area contributed by atoms with Crippen molar-refractivity contribution in [2.24, 2.45) is 0 Å². The van der Waals surface area contributed by atoms with Crippen molar-refractivity contribution in [1.29, 1.82) is 0 Å². The Morgan fingerprint density at radius 1 is 1.50 bits per heavy atom. The van der Waals surface area contributed by atoms with E-state index in [1.165, 1.54) is 0 Å². The summed E-state index contributed by atoms with van der Waals surface area (Å²) < 4.78 is 40.2. The van der Waals surface area contributed by atoms with Gasteiger partial charge in [-0.3, -0.25) is 0 Å². The van der Waals surface area contributed by atoms with Crippen molar-refractivity contribution >= 4 is 40.0 Å². The van der Waals surface area contributed by atoms with E-state index in [9.17, 15) is 18.0 Å². The fraction of sp³-hybridized carbons (Fsp3) is 0.200. The minimum Gasteiger partial charge on any atom is -0.401 e. The van der Waals surface area contributed by atoms with Crippen LogP contribution < -0.4 is 4.74 Å². The molecule has 1 rings (SSSR count). The Labute approximate surface area is 89.4 Å². The van der Waals surface area contributed by atoms with E-state index in [-0.39, 0.29) is 4.47 Å². The van der Waals surface area contributed by atoms with Gasteiger partial charge in [-0.15, -0.1) is 0 Å². The number of carbonyl (C=O) groups is 1. The Bertz CT molecular complexity index is 364. The van der Waals surface area contributed by atoms with Crippen LogP contribution in [0.1, 0.15) is 5.69 Å². The molecule has 0 aliphatic carbocycles. The Kier molecular flexibility index (Phi) is 3.23. The van der Waals surface area contributed by atoms with Crippen molar-refractivity contribution < 1.29 is 22.7 Å². The second kappa shape index (κ2) is 3.92. The second-order valence-corrected chi connectivity index (χ2v) is 3.79. The number of halogens is 5. The zero-order chi connectivity index (χ0) is 10.9. The summed E-state index contributed by atoms with van der Waals surface area (Å²) in [6.07, 6.45) is -4.73. The smallest absolute Gasteiger partial charge is 0.401 e. The minimum absolute atomic E-state index is 0.376. The van der Waals surface area contributed by atoms with Crippen molar-refractivity contribution in [2.45, 2.75) is 6.18 Å². The molecule has 78 valence electrons. The van der Waals surface area contributed by atoms with Gasteiger partial charge >= 0.3 is 11.6 Å². The fourth-order valence-electron chi connectivity index (χ4n) is 0.602. The van der Waals surface area contributed by atoms with Gasteiger partial charge in [0.2, 0.25) is 10.8 Å². The maximum Gasteiger partial charge on any atom is 0.438 e. The van der Waals surface area contributed by atoms with Gasteiger partial charge in [0.05, 0.1) is 0 Å². The van der Waals surface area contributed by atoms with Crippen molar-refractivity contribution in [1.82, 2.24) is 4.98 Å². The number of thiazole rings is 1. The molecule has 1 aromatic rings. The Morgan fingerprint density at radius 3 is 2.50 bits per heavy atom. The van der Waals surface area contributed by atoms with Crippen LogP contribution in [-0.2, 0) is 6.18 Å². The van der Waals surface area contributed by atoms with Crippen LogP contribution in [0.25, 0.3) is 0 Å². The normalized spacial score (nSPS) is 11.5. The highest BCUT2D eigenvalue weighted by atomic mass is 35.5. The summed E-state index contributed by atoms with van der Waals surface area (Å²) in [5.41, 5.74) is -2.74. The first kappa shape index (κ1) is 11.5. The Morgan fingerprint density at radius 2 is 2.07 bits per heavy atom. The van der Waals surface area contributed by atoms with Gasteiger partial charge in [-0.25, -0.2) is 9.78 Å². The van der Waals surface area contributed by atoms with Crippen LogP contribution in [0.3, 0.4) is 0 Å². The number of rotatable bonds is 1. The van der Waals surface area contributed by atoms with Gasteiger partial charge in [-0.2, -0.15) is 13.2 Å². The maximum atomic E-state index is 12.2. The highest BCUT2D eigenvalue weighted by Crippen LogP contribution is 2.41. The fourth-order valence-corrected chi connectivity index (χ4v) is 1.69. The Hall–Kier alpha value is -0.530. The predicted molar refractivity (Wildman–Crippen MR) is 44.0 cm³/mol. The second-order valence-electron chi connectivity index (χ2n) is 1.94. The highest BCUT2D eigenvalue weighted by Gasteiger charge is 2.39. The minimum atomic E-state index is -4.73. The lowest BCUT2D eigenvalue weighted by Gasteiger charge is -2.03. The largest absolute Gasteiger partial charge is 0.438 e. The molecule has 0 spiro atoms. The monoisotopic (exact) mass is 265 g/mol. The predicted octanol–water partition coefficient (Wildman–Crippen LogP) is 3.55. The molecule has 0 atom stereocenters. The molecule has 0 saturated carbocycles. The zero-order valence-electron chi connectivity index (χ0n) is 6.06. The van der Waals surface area contributed by atoms with E-state index >= 15 is 0 Å². The summed E-state index contributed by atoms with van der Waals surface area (Å²) in [6.45, 7) is 0. The van der Waals surface area contributed by atoms with E-state index in [0.29, 0.717) is 11.3 Å². The number of alkyl halides is 3. The van der Waals surface area contributed by atoms with E-state index < -0.39 is 22.4 Å². The third-order valence-corrected chi connectivity index (χ3v) is 2.13. The molecule has 1 heterocycles. The lowest BCUT2D eigenvalue weighted by atomic mass is 10.5. The summed E-state index contributed by atoms with van der Waals surface area (Å²) in [5, 5.41) is -0.762. The van der Waals surface area contributed by atoms with E-state index in [0.717, 1.165) is 0 Å². The number of carbonyl (C=O) groups excluding carboxylic acids is 1. The van der Waals surface area contributed by atoms with Crippen LogP contribution in [-0.4, -0.2) is 10.4 Å². The van der Waals surface area contributed by atoms with Crippen LogP contribution in [0.4, 0.5) is 18.0 Å². The molecule has 0 amide bonds. The van der Waals surface area contributed by atoms with Gasteiger partial charge in [-0.05, 0) is 0 Å². The van der Waals surface area contributed by atoms with Gasteiger partial charge in [0.1, 0.15) is 0 Å². The average molecular weight is 266 g/mol. The highest BCUT2D eigenvalue weighted by molar-refractivity contribution is 7.17. The van der Waals surface area contributed by atoms with Crippen LogP contribution in [0, 0.1) is 0 Å². The lowest BCUT2D eigenvalue weighted by Crippen LogP contribution is -2.08. The summed E-state index contributed by atoms with van der Waals surface area (Å²) >= 11 is 10.4.